The summed E-state index contributed by atoms with van der Waals surface area (Å²) in [5.74, 6) is 0.226. The Hall–Kier alpha value is -2.54. The second kappa shape index (κ2) is 10.2. The first-order chi connectivity index (χ1) is 15.0. The van der Waals surface area contributed by atoms with E-state index in [1.54, 1.807) is 30.2 Å². The highest BCUT2D eigenvalue weighted by Crippen LogP contribution is 2.38. The number of rotatable bonds is 1. The van der Waals surface area contributed by atoms with Crippen LogP contribution in [0.25, 0.3) is 5.57 Å². The molecule has 2 N–H and O–H groups in total. The van der Waals surface area contributed by atoms with Crippen molar-refractivity contribution < 1.29 is 14.6 Å². The molecule has 2 heterocycles. The van der Waals surface area contributed by atoms with Gasteiger partial charge in [-0.05, 0) is 71.8 Å². The minimum atomic E-state index is -0.277. The molecule has 31 heavy (non-hydrogen) atoms. The van der Waals surface area contributed by atoms with Gasteiger partial charge in [-0.3, -0.25) is 4.79 Å². The number of H-pyrrole nitrogens is 1. The van der Waals surface area contributed by atoms with Crippen LogP contribution in [0.3, 0.4) is 0 Å². The Morgan fingerprint density at radius 3 is 2.58 bits per heavy atom. The molecule has 7 heteroatoms. The number of aromatic nitrogens is 1. The van der Waals surface area contributed by atoms with E-state index >= 15 is 0 Å². The number of hydrogen-bond acceptors (Lipinski definition) is 4. The molecular formula is C24H29BrN2O4. The third-order valence-corrected chi connectivity index (χ3v) is 6.22. The maximum atomic E-state index is 12.8. The standard InChI is InChI=1S/C22H23BrN2O4.C2H6/c1-2-29-22(28)25-9-7-13(8-10-25)19-16-6-4-15(26)11-14(16)3-5-17-20(19)24-12-18(23)21(17)27;1-2/h4,6,11-12,26H,2-3,5,7-10H2,1H3,(H,24,27);1-2H3. The van der Waals surface area contributed by atoms with Gasteiger partial charge in [-0.15, -0.1) is 0 Å². The van der Waals surface area contributed by atoms with Gasteiger partial charge in [-0.2, -0.15) is 0 Å². The van der Waals surface area contributed by atoms with Crippen molar-refractivity contribution in [2.75, 3.05) is 19.7 Å². The van der Waals surface area contributed by atoms with E-state index in [1.165, 1.54) is 5.57 Å². The van der Waals surface area contributed by atoms with Crippen LogP contribution in [0.2, 0.25) is 0 Å². The van der Waals surface area contributed by atoms with Crippen LogP contribution in [-0.2, 0) is 17.6 Å². The van der Waals surface area contributed by atoms with Crippen molar-refractivity contribution in [1.82, 2.24) is 9.88 Å². The molecule has 0 bridgehead atoms. The normalized spacial score (nSPS) is 15.3. The van der Waals surface area contributed by atoms with Gasteiger partial charge < -0.3 is 19.7 Å². The number of ether oxygens (including phenoxy) is 1. The lowest BCUT2D eigenvalue weighted by Gasteiger charge is -2.29. The fraction of sp³-hybridized carbons (Fsp3) is 0.417. The number of likely N-dealkylation sites (tertiary alicyclic amines) is 1. The number of nitrogens with zero attached hydrogens (tertiary/aromatic N) is 1. The van der Waals surface area contributed by atoms with Gasteiger partial charge in [-0.1, -0.05) is 25.5 Å². The number of nitrogens with one attached hydrogen (secondary N) is 1. The molecule has 1 aromatic heterocycles. The van der Waals surface area contributed by atoms with Gasteiger partial charge in [-0.25, -0.2) is 4.79 Å². The maximum absolute atomic E-state index is 12.8. The Morgan fingerprint density at radius 2 is 1.90 bits per heavy atom. The van der Waals surface area contributed by atoms with E-state index in [0.29, 0.717) is 49.9 Å². The van der Waals surface area contributed by atoms with Crippen molar-refractivity contribution in [1.29, 1.82) is 0 Å². The van der Waals surface area contributed by atoms with Gasteiger partial charge in [0.15, 0.2) is 5.43 Å². The van der Waals surface area contributed by atoms with Crippen LogP contribution in [0.5, 0.6) is 5.75 Å². The molecule has 1 aromatic carbocycles. The van der Waals surface area contributed by atoms with E-state index in [1.807, 2.05) is 19.9 Å². The number of aromatic hydroxyl groups is 1. The molecule has 1 fully saturated rings. The van der Waals surface area contributed by atoms with Crippen molar-refractivity contribution in [3.8, 4) is 5.75 Å². The van der Waals surface area contributed by atoms with E-state index in [2.05, 4.69) is 20.9 Å². The average Bonchev–Trinajstić information content (AvgIpc) is 2.95. The Labute approximate surface area is 191 Å². The fourth-order valence-electron chi connectivity index (χ4n) is 4.22. The number of carbonyl (C=O) groups is 1. The lowest BCUT2D eigenvalue weighted by Crippen LogP contribution is -2.37. The quantitative estimate of drug-likeness (QED) is 0.589. The van der Waals surface area contributed by atoms with E-state index < -0.39 is 0 Å². The van der Waals surface area contributed by atoms with Crippen molar-refractivity contribution in [3.63, 3.8) is 0 Å². The monoisotopic (exact) mass is 488 g/mol. The van der Waals surface area contributed by atoms with Gasteiger partial charge >= 0.3 is 6.09 Å². The van der Waals surface area contributed by atoms with E-state index in [9.17, 15) is 14.7 Å². The summed E-state index contributed by atoms with van der Waals surface area (Å²) in [6.45, 7) is 7.34. The number of aryl methyl sites for hydroxylation is 1. The van der Waals surface area contributed by atoms with E-state index in [0.717, 1.165) is 28.0 Å². The minimum absolute atomic E-state index is 0.00200. The summed E-state index contributed by atoms with van der Waals surface area (Å²) in [5, 5.41) is 9.99. The molecule has 2 aliphatic rings. The largest absolute Gasteiger partial charge is 0.508 e. The zero-order chi connectivity index (χ0) is 22.5. The smallest absolute Gasteiger partial charge is 0.409 e. The maximum Gasteiger partial charge on any atom is 0.409 e. The molecular weight excluding hydrogens is 460 g/mol. The van der Waals surface area contributed by atoms with Crippen LogP contribution in [0.4, 0.5) is 4.79 Å². The highest BCUT2D eigenvalue weighted by Gasteiger charge is 2.28. The first-order valence-electron chi connectivity index (χ1n) is 10.9. The molecule has 1 aliphatic heterocycles. The van der Waals surface area contributed by atoms with Crippen molar-refractivity contribution in [2.24, 2.45) is 0 Å². The summed E-state index contributed by atoms with van der Waals surface area (Å²) >= 11 is 3.34. The zero-order valence-electron chi connectivity index (χ0n) is 18.3. The summed E-state index contributed by atoms with van der Waals surface area (Å²) in [7, 11) is 0. The molecule has 4 rings (SSSR count). The molecule has 0 atom stereocenters. The fourth-order valence-corrected chi connectivity index (χ4v) is 4.58. The Kier molecular flexibility index (Phi) is 7.59. The van der Waals surface area contributed by atoms with Gasteiger partial charge in [0.1, 0.15) is 5.75 Å². The van der Waals surface area contributed by atoms with Crippen molar-refractivity contribution in [3.05, 3.63) is 67.0 Å². The van der Waals surface area contributed by atoms with Crippen LogP contribution in [-0.4, -0.2) is 40.8 Å². The summed E-state index contributed by atoms with van der Waals surface area (Å²) in [6, 6.07) is 5.41. The minimum Gasteiger partial charge on any atom is -0.508 e. The second-order valence-electron chi connectivity index (χ2n) is 7.33. The lowest BCUT2D eigenvalue weighted by molar-refractivity contribution is 0.104. The summed E-state index contributed by atoms with van der Waals surface area (Å²) in [4.78, 5) is 29.9. The number of phenols is 1. The van der Waals surface area contributed by atoms with Crippen LogP contribution >= 0.6 is 15.9 Å². The number of amides is 1. The lowest BCUT2D eigenvalue weighted by atomic mass is 9.88. The van der Waals surface area contributed by atoms with Crippen LogP contribution < -0.4 is 5.43 Å². The molecule has 6 nitrogen and oxygen atoms in total. The van der Waals surface area contributed by atoms with Gasteiger partial charge in [0.25, 0.3) is 0 Å². The molecule has 0 spiro atoms. The molecule has 0 unspecified atom stereocenters. The van der Waals surface area contributed by atoms with E-state index in [-0.39, 0.29) is 17.3 Å². The number of halogens is 1. The third-order valence-electron chi connectivity index (χ3n) is 5.64. The predicted octanol–water partition coefficient (Wildman–Crippen LogP) is 5.02. The molecule has 0 saturated carbocycles. The number of fused-ring (bicyclic) bond motifs is 2. The number of phenolic OH excluding ortho intramolecular Hbond substituents is 1. The number of pyridine rings is 1. The number of aromatic amines is 1. The average molecular weight is 489 g/mol. The number of hydrogen-bond donors (Lipinski definition) is 2. The Bertz CT molecular complexity index is 1050. The summed E-state index contributed by atoms with van der Waals surface area (Å²) < 4.78 is 5.65. The summed E-state index contributed by atoms with van der Waals surface area (Å²) in [6.07, 6.45) is 4.13. The third kappa shape index (κ3) is 4.71. The predicted molar refractivity (Wildman–Crippen MR) is 125 cm³/mol. The Morgan fingerprint density at radius 1 is 1.19 bits per heavy atom. The van der Waals surface area contributed by atoms with E-state index in [4.69, 9.17) is 4.74 Å². The van der Waals surface area contributed by atoms with Crippen LogP contribution in [0.15, 0.2) is 39.2 Å². The first kappa shape index (κ1) is 23.1. The molecule has 2 aromatic rings. The molecule has 1 aliphatic carbocycles. The highest BCUT2D eigenvalue weighted by molar-refractivity contribution is 9.10. The zero-order valence-corrected chi connectivity index (χ0v) is 19.8. The van der Waals surface area contributed by atoms with Crippen molar-refractivity contribution >= 4 is 27.6 Å². The summed E-state index contributed by atoms with van der Waals surface area (Å²) in [5.41, 5.74) is 5.91. The van der Waals surface area contributed by atoms with Crippen molar-refractivity contribution in [2.45, 2.75) is 46.5 Å². The molecule has 0 radical (unpaired) electrons. The van der Waals surface area contributed by atoms with Gasteiger partial charge in [0, 0.05) is 30.4 Å². The number of benzene rings is 1. The topological polar surface area (TPSA) is 82.6 Å². The SMILES string of the molecule is CC.CCOC(=O)N1CCC(=C2c3ccc(O)cc3CCc3c2[nH]cc(Br)c3=O)CC1. The first-order valence-corrected chi connectivity index (χ1v) is 11.6. The van der Waals surface area contributed by atoms with Crippen LogP contribution in [0.1, 0.15) is 56.0 Å². The molecule has 166 valence electrons. The van der Waals surface area contributed by atoms with Crippen LogP contribution in [0, 0.1) is 0 Å². The number of carbonyl (C=O) groups excluding carboxylic acids is 1. The number of piperidine rings is 1. The van der Waals surface area contributed by atoms with Gasteiger partial charge in [0.2, 0.25) is 0 Å². The van der Waals surface area contributed by atoms with Gasteiger partial charge in [0.05, 0.1) is 16.8 Å². The molecule has 1 saturated heterocycles. The molecule has 1 amide bonds. The highest BCUT2D eigenvalue weighted by atomic mass is 79.9. The Balaban J connectivity index is 0.00000132. The second-order valence-corrected chi connectivity index (χ2v) is 8.18.